The minimum atomic E-state index is -0.268. The van der Waals surface area contributed by atoms with Crippen LogP contribution in [0.15, 0.2) is 24.3 Å². The SMILES string of the molecule is COC(=O)c1ccc(CN2CCCC(C)CC2)cc1. The van der Waals surface area contributed by atoms with Crippen LogP contribution in [0.25, 0.3) is 0 Å². The van der Waals surface area contributed by atoms with E-state index in [-0.39, 0.29) is 5.97 Å². The summed E-state index contributed by atoms with van der Waals surface area (Å²) in [5, 5.41) is 0. The zero-order chi connectivity index (χ0) is 13.7. The van der Waals surface area contributed by atoms with Crippen LogP contribution in [-0.4, -0.2) is 31.1 Å². The molecule has 0 bridgehead atoms. The van der Waals surface area contributed by atoms with E-state index >= 15 is 0 Å². The van der Waals surface area contributed by atoms with E-state index in [1.54, 1.807) is 0 Å². The lowest BCUT2D eigenvalue weighted by atomic mass is 10.0. The van der Waals surface area contributed by atoms with E-state index in [9.17, 15) is 4.79 Å². The molecule has 1 heterocycles. The Kier molecular flexibility index (Phi) is 4.97. The van der Waals surface area contributed by atoms with Crippen LogP contribution in [0, 0.1) is 5.92 Å². The van der Waals surface area contributed by atoms with Gasteiger partial charge in [0.1, 0.15) is 0 Å². The Morgan fingerprint density at radius 1 is 1.26 bits per heavy atom. The number of benzene rings is 1. The second-order valence-electron chi connectivity index (χ2n) is 5.50. The predicted octanol–water partition coefficient (Wildman–Crippen LogP) is 3.10. The van der Waals surface area contributed by atoms with Gasteiger partial charge in [0.2, 0.25) is 0 Å². The first kappa shape index (κ1) is 14.1. The Morgan fingerprint density at radius 3 is 2.68 bits per heavy atom. The second kappa shape index (κ2) is 6.71. The zero-order valence-electron chi connectivity index (χ0n) is 11.9. The largest absolute Gasteiger partial charge is 0.465 e. The van der Waals surface area contributed by atoms with Gasteiger partial charge < -0.3 is 4.74 Å². The molecular weight excluding hydrogens is 238 g/mol. The first-order valence-corrected chi connectivity index (χ1v) is 7.08. The number of nitrogens with zero attached hydrogens (tertiary/aromatic N) is 1. The first-order chi connectivity index (χ1) is 9.19. The summed E-state index contributed by atoms with van der Waals surface area (Å²) < 4.78 is 4.71. The van der Waals surface area contributed by atoms with Crippen molar-refractivity contribution in [1.29, 1.82) is 0 Å². The summed E-state index contributed by atoms with van der Waals surface area (Å²) >= 11 is 0. The van der Waals surface area contributed by atoms with Crippen LogP contribution in [0.1, 0.15) is 42.1 Å². The number of carbonyl (C=O) groups excluding carboxylic acids is 1. The van der Waals surface area contributed by atoms with Gasteiger partial charge in [-0.3, -0.25) is 4.90 Å². The van der Waals surface area contributed by atoms with Gasteiger partial charge in [-0.05, 0) is 56.0 Å². The highest BCUT2D eigenvalue weighted by molar-refractivity contribution is 5.89. The standard InChI is InChI=1S/C16H23NO2/c1-13-4-3-10-17(11-9-13)12-14-5-7-15(8-6-14)16(18)19-2/h5-8,13H,3-4,9-12H2,1-2H3. The highest BCUT2D eigenvalue weighted by atomic mass is 16.5. The molecule has 0 N–H and O–H groups in total. The van der Waals surface area contributed by atoms with Crippen molar-refractivity contribution >= 4 is 5.97 Å². The number of likely N-dealkylation sites (tertiary alicyclic amines) is 1. The van der Waals surface area contributed by atoms with Gasteiger partial charge in [-0.15, -0.1) is 0 Å². The fraction of sp³-hybridized carbons (Fsp3) is 0.562. The van der Waals surface area contributed by atoms with Crippen LogP contribution in [0.2, 0.25) is 0 Å². The van der Waals surface area contributed by atoms with Crippen molar-refractivity contribution in [1.82, 2.24) is 4.90 Å². The number of esters is 1. The lowest BCUT2D eigenvalue weighted by Crippen LogP contribution is -2.24. The van der Waals surface area contributed by atoms with E-state index < -0.39 is 0 Å². The fourth-order valence-corrected chi connectivity index (χ4v) is 2.60. The lowest BCUT2D eigenvalue weighted by Gasteiger charge is -2.20. The quantitative estimate of drug-likeness (QED) is 0.783. The third-order valence-corrected chi connectivity index (χ3v) is 3.89. The van der Waals surface area contributed by atoms with Crippen molar-refractivity contribution in [2.24, 2.45) is 5.92 Å². The lowest BCUT2D eigenvalue weighted by molar-refractivity contribution is 0.0600. The third kappa shape index (κ3) is 4.06. The van der Waals surface area contributed by atoms with E-state index in [2.05, 4.69) is 11.8 Å². The van der Waals surface area contributed by atoms with Crippen LogP contribution in [0.3, 0.4) is 0 Å². The molecule has 1 aliphatic rings. The first-order valence-electron chi connectivity index (χ1n) is 7.08. The zero-order valence-corrected chi connectivity index (χ0v) is 11.9. The van der Waals surface area contributed by atoms with Crippen molar-refractivity contribution in [2.75, 3.05) is 20.2 Å². The van der Waals surface area contributed by atoms with E-state index in [0.717, 1.165) is 12.5 Å². The number of hydrogen-bond donors (Lipinski definition) is 0. The van der Waals surface area contributed by atoms with Gasteiger partial charge in [0.25, 0.3) is 0 Å². The molecule has 19 heavy (non-hydrogen) atoms. The van der Waals surface area contributed by atoms with Gasteiger partial charge in [0.15, 0.2) is 0 Å². The molecule has 0 saturated carbocycles. The van der Waals surface area contributed by atoms with Gasteiger partial charge >= 0.3 is 5.97 Å². The minimum absolute atomic E-state index is 0.268. The summed E-state index contributed by atoms with van der Waals surface area (Å²) in [6.45, 7) is 5.69. The minimum Gasteiger partial charge on any atom is -0.465 e. The highest BCUT2D eigenvalue weighted by Gasteiger charge is 2.14. The van der Waals surface area contributed by atoms with E-state index in [1.807, 2.05) is 24.3 Å². The average Bonchev–Trinajstić information content (AvgIpc) is 2.64. The number of methoxy groups -OCH3 is 1. The summed E-state index contributed by atoms with van der Waals surface area (Å²) in [5.74, 6) is 0.585. The molecule has 0 spiro atoms. The van der Waals surface area contributed by atoms with E-state index in [1.165, 1.54) is 45.0 Å². The molecule has 1 fully saturated rings. The molecule has 0 aliphatic carbocycles. The molecule has 104 valence electrons. The summed E-state index contributed by atoms with van der Waals surface area (Å²) in [7, 11) is 1.41. The fourth-order valence-electron chi connectivity index (χ4n) is 2.60. The molecule has 0 amide bonds. The van der Waals surface area contributed by atoms with Crippen molar-refractivity contribution in [3.8, 4) is 0 Å². The van der Waals surface area contributed by atoms with Crippen LogP contribution < -0.4 is 0 Å². The molecule has 3 nitrogen and oxygen atoms in total. The Bertz CT molecular complexity index is 413. The molecule has 0 radical (unpaired) electrons. The summed E-state index contributed by atoms with van der Waals surface area (Å²) in [6, 6.07) is 7.75. The van der Waals surface area contributed by atoms with Gasteiger partial charge in [0, 0.05) is 6.54 Å². The van der Waals surface area contributed by atoms with Crippen molar-refractivity contribution in [2.45, 2.75) is 32.7 Å². The van der Waals surface area contributed by atoms with Crippen LogP contribution in [0.5, 0.6) is 0 Å². The number of hydrogen-bond acceptors (Lipinski definition) is 3. The Labute approximate surface area is 115 Å². The average molecular weight is 261 g/mol. The Morgan fingerprint density at radius 2 is 2.00 bits per heavy atom. The molecule has 1 atom stereocenters. The second-order valence-corrected chi connectivity index (χ2v) is 5.50. The third-order valence-electron chi connectivity index (χ3n) is 3.89. The summed E-state index contributed by atoms with van der Waals surface area (Å²) in [4.78, 5) is 13.9. The molecule has 2 rings (SSSR count). The Balaban J connectivity index is 1.93. The van der Waals surface area contributed by atoms with Crippen molar-refractivity contribution in [3.63, 3.8) is 0 Å². The molecular formula is C16H23NO2. The van der Waals surface area contributed by atoms with Gasteiger partial charge in [-0.2, -0.15) is 0 Å². The number of rotatable bonds is 3. The maximum atomic E-state index is 11.4. The number of carbonyl (C=O) groups is 1. The monoisotopic (exact) mass is 261 g/mol. The normalized spacial score (nSPS) is 20.8. The van der Waals surface area contributed by atoms with Crippen LogP contribution in [0.4, 0.5) is 0 Å². The van der Waals surface area contributed by atoms with Gasteiger partial charge in [-0.25, -0.2) is 4.79 Å². The molecule has 1 unspecified atom stereocenters. The van der Waals surface area contributed by atoms with Gasteiger partial charge in [0.05, 0.1) is 12.7 Å². The van der Waals surface area contributed by atoms with Crippen molar-refractivity contribution < 1.29 is 9.53 Å². The van der Waals surface area contributed by atoms with Crippen LogP contribution in [-0.2, 0) is 11.3 Å². The topological polar surface area (TPSA) is 29.5 Å². The summed E-state index contributed by atoms with van der Waals surface area (Å²) in [6.07, 6.45) is 3.93. The van der Waals surface area contributed by atoms with E-state index in [0.29, 0.717) is 5.56 Å². The maximum absolute atomic E-state index is 11.4. The maximum Gasteiger partial charge on any atom is 0.337 e. The van der Waals surface area contributed by atoms with Gasteiger partial charge in [-0.1, -0.05) is 19.1 Å². The molecule has 1 saturated heterocycles. The summed E-state index contributed by atoms with van der Waals surface area (Å²) in [5.41, 5.74) is 1.89. The molecule has 3 heteroatoms. The molecule has 1 aromatic carbocycles. The smallest absolute Gasteiger partial charge is 0.337 e. The van der Waals surface area contributed by atoms with E-state index in [4.69, 9.17) is 4.74 Å². The highest BCUT2D eigenvalue weighted by Crippen LogP contribution is 2.18. The predicted molar refractivity (Wildman–Crippen MR) is 76.1 cm³/mol. The number of ether oxygens (including phenoxy) is 1. The molecule has 1 aromatic rings. The van der Waals surface area contributed by atoms with Crippen molar-refractivity contribution in [3.05, 3.63) is 35.4 Å². The van der Waals surface area contributed by atoms with Crippen LogP contribution >= 0.6 is 0 Å². The molecule has 0 aromatic heterocycles. The molecule has 1 aliphatic heterocycles. The Hall–Kier alpha value is -1.35.